The quantitative estimate of drug-likeness (QED) is 0.536. The van der Waals surface area contributed by atoms with Crippen molar-refractivity contribution in [2.45, 2.75) is 33.5 Å². The first kappa shape index (κ1) is 15.7. The maximum Gasteiger partial charge on any atom is 0.159 e. The van der Waals surface area contributed by atoms with Crippen molar-refractivity contribution in [1.29, 1.82) is 0 Å². The smallest absolute Gasteiger partial charge is 0.159 e. The van der Waals surface area contributed by atoms with Crippen LogP contribution in [0.25, 0.3) is 0 Å². The number of ether oxygens (including phenoxy) is 3. The lowest BCUT2D eigenvalue weighted by Gasteiger charge is -2.11. The van der Waals surface area contributed by atoms with E-state index in [1.807, 2.05) is 19.9 Å². The molecule has 0 unspecified atom stereocenters. The van der Waals surface area contributed by atoms with Crippen LogP contribution in [0.1, 0.15) is 36.7 Å². The second-order valence-electron chi connectivity index (χ2n) is 4.55. The molecule has 19 heavy (non-hydrogen) atoms. The molecule has 0 atom stereocenters. The molecule has 0 bridgehead atoms. The maximum absolute atomic E-state index is 11.3. The molecule has 4 heteroatoms. The van der Waals surface area contributed by atoms with Gasteiger partial charge in [-0.1, -0.05) is 0 Å². The largest absolute Gasteiger partial charge is 0.496 e. The summed E-state index contributed by atoms with van der Waals surface area (Å²) in [7, 11) is 1.61. The average molecular weight is 266 g/mol. The predicted molar refractivity (Wildman–Crippen MR) is 73.7 cm³/mol. The van der Waals surface area contributed by atoms with E-state index in [2.05, 4.69) is 0 Å². The number of hydrogen-bond acceptors (Lipinski definition) is 4. The Hall–Kier alpha value is -1.39. The molecule has 0 aliphatic heterocycles. The molecule has 0 saturated heterocycles. The van der Waals surface area contributed by atoms with Crippen molar-refractivity contribution in [1.82, 2.24) is 0 Å². The Morgan fingerprint density at radius 2 is 2.00 bits per heavy atom. The van der Waals surface area contributed by atoms with E-state index in [0.717, 1.165) is 11.3 Å². The van der Waals surface area contributed by atoms with Crippen molar-refractivity contribution in [2.24, 2.45) is 0 Å². The van der Waals surface area contributed by atoms with Gasteiger partial charge in [0.2, 0.25) is 0 Å². The Kier molecular flexibility index (Phi) is 6.53. The van der Waals surface area contributed by atoms with E-state index in [1.165, 1.54) is 0 Å². The van der Waals surface area contributed by atoms with Gasteiger partial charge in [0.15, 0.2) is 5.78 Å². The molecule has 0 amide bonds. The SMILES string of the molecule is COc1ccc(C(C)=O)cc1COCCOC(C)C. The Balaban J connectivity index is 2.55. The van der Waals surface area contributed by atoms with Crippen LogP contribution < -0.4 is 4.74 Å². The fourth-order valence-corrected chi connectivity index (χ4v) is 1.64. The molecule has 4 nitrogen and oxygen atoms in total. The third-order valence-corrected chi connectivity index (χ3v) is 2.62. The molecule has 106 valence electrons. The summed E-state index contributed by atoms with van der Waals surface area (Å²) in [5.74, 6) is 0.766. The van der Waals surface area contributed by atoms with Crippen LogP contribution in [0.15, 0.2) is 18.2 Å². The molecular weight excluding hydrogens is 244 g/mol. The highest BCUT2D eigenvalue weighted by atomic mass is 16.5. The highest BCUT2D eigenvalue weighted by Crippen LogP contribution is 2.21. The van der Waals surface area contributed by atoms with E-state index in [1.54, 1.807) is 26.2 Å². The maximum atomic E-state index is 11.3. The minimum atomic E-state index is 0.0343. The van der Waals surface area contributed by atoms with Crippen LogP contribution in [0.4, 0.5) is 0 Å². The van der Waals surface area contributed by atoms with Gasteiger partial charge in [-0.15, -0.1) is 0 Å². The molecule has 0 aromatic heterocycles. The molecule has 0 N–H and O–H groups in total. The molecule has 0 heterocycles. The molecule has 0 radical (unpaired) electrons. The number of hydrogen-bond donors (Lipinski definition) is 0. The Labute approximate surface area is 114 Å². The number of Topliss-reactive ketones (excluding diaryl/α,β-unsaturated/α-hetero) is 1. The first-order valence-corrected chi connectivity index (χ1v) is 6.41. The first-order valence-electron chi connectivity index (χ1n) is 6.41. The van der Waals surface area contributed by atoms with Gasteiger partial charge in [-0.05, 0) is 39.0 Å². The van der Waals surface area contributed by atoms with Crippen molar-refractivity contribution < 1.29 is 19.0 Å². The lowest BCUT2D eigenvalue weighted by molar-refractivity contribution is 0.0139. The third-order valence-electron chi connectivity index (χ3n) is 2.62. The van der Waals surface area contributed by atoms with Gasteiger partial charge in [-0.25, -0.2) is 0 Å². The van der Waals surface area contributed by atoms with Crippen molar-refractivity contribution in [3.63, 3.8) is 0 Å². The van der Waals surface area contributed by atoms with Gasteiger partial charge in [-0.3, -0.25) is 4.79 Å². The van der Waals surface area contributed by atoms with E-state index >= 15 is 0 Å². The van der Waals surface area contributed by atoms with Crippen molar-refractivity contribution >= 4 is 5.78 Å². The van der Waals surface area contributed by atoms with Gasteiger partial charge in [0.25, 0.3) is 0 Å². The molecule has 1 aromatic rings. The Bertz CT molecular complexity index is 413. The monoisotopic (exact) mass is 266 g/mol. The Morgan fingerprint density at radius 1 is 1.26 bits per heavy atom. The summed E-state index contributed by atoms with van der Waals surface area (Å²) in [5, 5.41) is 0. The van der Waals surface area contributed by atoms with Crippen molar-refractivity contribution in [3.05, 3.63) is 29.3 Å². The summed E-state index contributed by atoms with van der Waals surface area (Å²) in [6.07, 6.45) is 0.208. The zero-order valence-electron chi connectivity index (χ0n) is 12.1. The molecular formula is C15H22O4. The number of rotatable bonds is 8. The van der Waals surface area contributed by atoms with Gasteiger partial charge in [-0.2, -0.15) is 0 Å². The summed E-state index contributed by atoms with van der Waals surface area (Å²) >= 11 is 0. The zero-order chi connectivity index (χ0) is 14.3. The fraction of sp³-hybridized carbons (Fsp3) is 0.533. The summed E-state index contributed by atoms with van der Waals surface area (Å²) < 4.78 is 16.2. The minimum Gasteiger partial charge on any atom is -0.496 e. The summed E-state index contributed by atoms with van der Waals surface area (Å²) in [4.78, 5) is 11.3. The van der Waals surface area contributed by atoms with Crippen LogP contribution in [-0.4, -0.2) is 32.2 Å². The van der Waals surface area contributed by atoms with Gasteiger partial charge >= 0.3 is 0 Å². The highest BCUT2D eigenvalue weighted by Gasteiger charge is 2.07. The van der Waals surface area contributed by atoms with Crippen LogP contribution in [0.3, 0.4) is 0 Å². The summed E-state index contributed by atoms with van der Waals surface area (Å²) in [6.45, 7) is 7.01. The molecule has 0 spiro atoms. The Morgan fingerprint density at radius 3 is 2.58 bits per heavy atom. The van der Waals surface area contributed by atoms with Crippen molar-refractivity contribution in [2.75, 3.05) is 20.3 Å². The van der Waals surface area contributed by atoms with Crippen LogP contribution in [0.2, 0.25) is 0 Å². The van der Waals surface area contributed by atoms with Crippen LogP contribution >= 0.6 is 0 Å². The van der Waals surface area contributed by atoms with Gasteiger partial charge in [0.05, 0.1) is 33.0 Å². The van der Waals surface area contributed by atoms with Gasteiger partial charge < -0.3 is 14.2 Å². The second-order valence-corrected chi connectivity index (χ2v) is 4.55. The topological polar surface area (TPSA) is 44.8 Å². The molecule has 1 rings (SSSR count). The number of ketones is 1. The average Bonchev–Trinajstić information content (AvgIpc) is 2.37. The number of carbonyl (C=O) groups is 1. The van der Waals surface area contributed by atoms with Crippen LogP contribution in [0.5, 0.6) is 5.75 Å². The highest BCUT2D eigenvalue weighted by molar-refractivity contribution is 5.94. The summed E-state index contributed by atoms with van der Waals surface area (Å²) in [5.41, 5.74) is 1.54. The number of carbonyl (C=O) groups excluding carboxylic acids is 1. The van der Waals surface area contributed by atoms with Crippen LogP contribution in [-0.2, 0) is 16.1 Å². The zero-order valence-corrected chi connectivity index (χ0v) is 12.1. The fourth-order valence-electron chi connectivity index (χ4n) is 1.64. The molecule has 0 fully saturated rings. The molecule has 1 aromatic carbocycles. The van der Waals surface area contributed by atoms with E-state index in [0.29, 0.717) is 25.4 Å². The lowest BCUT2D eigenvalue weighted by atomic mass is 10.1. The standard InChI is InChI=1S/C15H22O4/c1-11(2)19-8-7-18-10-14-9-13(12(3)16)5-6-15(14)17-4/h5-6,9,11H,7-8,10H2,1-4H3. The molecule has 0 aliphatic carbocycles. The second kappa shape index (κ2) is 7.92. The van der Waals surface area contributed by atoms with E-state index in [9.17, 15) is 4.79 Å². The third kappa shape index (κ3) is 5.41. The molecule has 0 aliphatic rings. The van der Waals surface area contributed by atoms with Gasteiger partial charge in [0, 0.05) is 11.1 Å². The van der Waals surface area contributed by atoms with E-state index in [-0.39, 0.29) is 11.9 Å². The van der Waals surface area contributed by atoms with Crippen molar-refractivity contribution in [3.8, 4) is 5.75 Å². The van der Waals surface area contributed by atoms with E-state index < -0.39 is 0 Å². The first-order chi connectivity index (χ1) is 9.04. The number of methoxy groups -OCH3 is 1. The summed E-state index contributed by atoms with van der Waals surface area (Å²) in [6, 6.07) is 5.36. The normalized spacial score (nSPS) is 10.8. The van der Waals surface area contributed by atoms with Crippen LogP contribution in [0, 0.1) is 0 Å². The molecule has 0 saturated carbocycles. The minimum absolute atomic E-state index is 0.0343. The van der Waals surface area contributed by atoms with Gasteiger partial charge in [0.1, 0.15) is 5.75 Å². The number of benzene rings is 1. The predicted octanol–water partition coefficient (Wildman–Crippen LogP) is 2.84. The lowest BCUT2D eigenvalue weighted by Crippen LogP contribution is -2.10. The van der Waals surface area contributed by atoms with E-state index in [4.69, 9.17) is 14.2 Å².